The second-order valence-electron chi connectivity index (χ2n) is 5.15. The molecular formula is C15H23ClN2. The lowest BCUT2D eigenvalue weighted by molar-refractivity contribution is 0.400. The molecule has 0 aliphatic heterocycles. The minimum Gasteiger partial charge on any atom is -0.371 e. The van der Waals surface area contributed by atoms with Gasteiger partial charge in [-0.15, -0.1) is 0 Å². The normalized spacial score (nSPS) is 15.5. The molecule has 2 nitrogen and oxygen atoms in total. The second kappa shape index (κ2) is 6.44. The van der Waals surface area contributed by atoms with E-state index in [4.69, 9.17) is 11.6 Å². The van der Waals surface area contributed by atoms with E-state index in [0.29, 0.717) is 6.04 Å². The van der Waals surface area contributed by atoms with Gasteiger partial charge in [-0.3, -0.25) is 0 Å². The first kappa shape index (κ1) is 13.7. The van der Waals surface area contributed by atoms with E-state index >= 15 is 0 Å². The summed E-state index contributed by atoms with van der Waals surface area (Å²) in [4.78, 5) is 2.40. The molecule has 18 heavy (non-hydrogen) atoms. The predicted molar refractivity (Wildman–Crippen MR) is 79.5 cm³/mol. The Bertz CT molecular complexity index is 388. The summed E-state index contributed by atoms with van der Waals surface area (Å²) in [5.74, 6) is 0. The number of nitrogens with one attached hydrogen (secondary N) is 1. The zero-order valence-corrected chi connectivity index (χ0v) is 12.1. The number of rotatable bonds is 6. The highest BCUT2D eigenvalue weighted by Gasteiger charge is 2.23. The molecule has 0 atom stereocenters. The van der Waals surface area contributed by atoms with Gasteiger partial charge < -0.3 is 10.2 Å². The Labute approximate surface area is 115 Å². The van der Waals surface area contributed by atoms with Crippen molar-refractivity contribution in [2.24, 2.45) is 0 Å². The Hall–Kier alpha value is -0.730. The quantitative estimate of drug-likeness (QED) is 0.788. The van der Waals surface area contributed by atoms with Crippen molar-refractivity contribution in [2.75, 3.05) is 18.5 Å². The summed E-state index contributed by atoms with van der Waals surface area (Å²) >= 11 is 6.14. The largest absolute Gasteiger partial charge is 0.371 e. The van der Waals surface area contributed by atoms with Crippen LogP contribution in [0.5, 0.6) is 0 Å². The van der Waals surface area contributed by atoms with Crippen LogP contribution in [0.25, 0.3) is 0 Å². The lowest BCUT2D eigenvalue weighted by Gasteiger charge is -2.37. The number of halogens is 1. The van der Waals surface area contributed by atoms with E-state index in [1.165, 1.54) is 36.9 Å². The van der Waals surface area contributed by atoms with E-state index in [0.717, 1.165) is 18.1 Å². The SMILES string of the molecule is CCCNCc1ccc(Cl)cc1N(C)C1CCC1. The van der Waals surface area contributed by atoms with Crippen LogP contribution in [0.3, 0.4) is 0 Å². The summed E-state index contributed by atoms with van der Waals surface area (Å²) in [6.07, 6.45) is 5.15. The van der Waals surface area contributed by atoms with E-state index < -0.39 is 0 Å². The highest BCUT2D eigenvalue weighted by atomic mass is 35.5. The van der Waals surface area contributed by atoms with Gasteiger partial charge in [0.05, 0.1) is 0 Å². The van der Waals surface area contributed by atoms with Crippen molar-refractivity contribution in [1.29, 1.82) is 0 Å². The van der Waals surface area contributed by atoms with E-state index in [1.54, 1.807) is 0 Å². The molecule has 1 aliphatic rings. The van der Waals surface area contributed by atoms with Crippen LogP contribution >= 0.6 is 11.6 Å². The molecular weight excluding hydrogens is 244 g/mol. The second-order valence-corrected chi connectivity index (χ2v) is 5.58. The van der Waals surface area contributed by atoms with Crippen molar-refractivity contribution >= 4 is 17.3 Å². The maximum absolute atomic E-state index is 6.14. The molecule has 1 N–H and O–H groups in total. The molecule has 100 valence electrons. The van der Waals surface area contributed by atoms with Crippen molar-refractivity contribution in [3.05, 3.63) is 28.8 Å². The Kier molecular flexibility index (Phi) is 4.90. The van der Waals surface area contributed by atoms with Crippen LogP contribution in [0, 0.1) is 0 Å². The molecule has 0 amide bonds. The number of hydrogen-bond acceptors (Lipinski definition) is 2. The number of hydrogen-bond donors (Lipinski definition) is 1. The van der Waals surface area contributed by atoms with Crippen LogP contribution < -0.4 is 10.2 Å². The zero-order valence-electron chi connectivity index (χ0n) is 11.4. The average molecular weight is 267 g/mol. The summed E-state index contributed by atoms with van der Waals surface area (Å²) in [6, 6.07) is 6.94. The van der Waals surface area contributed by atoms with Crippen LogP contribution in [-0.4, -0.2) is 19.6 Å². The fraction of sp³-hybridized carbons (Fsp3) is 0.600. The Morgan fingerprint density at radius 1 is 1.39 bits per heavy atom. The maximum Gasteiger partial charge on any atom is 0.0426 e. The molecule has 1 saturated carbocycles. The lowest BCUT2D eigenvalue weighted by atomic mass is 9.91. The Morgan fingerprint density at radius 2 is 2.17 bits per heavy atom. The smallest absolute Gasteiger partial charge is 0.0426 e. The standard InChI is InChI=1S/C15H23ClN2/c1-3-9-17-11-12-7-8-13(16)10-15(12)18(2)14-5-4-6-14/h7-8,10,14,17H,3-6,9,11H2,1-2H3. The average Bonchev–Trinajstić information content (AvgIpc) is 2.29. The number of benzene rings is 1. The molecule has 0 saturated heterocycles. The third kappa shape index (κ3) is 3.18. The molecule has 0 unspecified atom stereocenters. The molecule has 0 radical (unpaired) electrons. The van der Waals surface area contributed by atoms with Gasteiger partial charge in [0.15, 0.2) is 0 Å². The van der Waals surface area contributed by atoms with Crippen LogP contribution in [0.1, 0.15) is 38.2 Å². The molecule has 0 spiro atoms. The summed E-state index contributed by atoms with van der Waals surface area (Å²) in [7, 11) is 2.19. The van der Waals surface area contributed by atoms with Crippen LogP contribution in [-0.2, 0) is 6.54 Å². The number of nitrogens with zero attached hydrogens (tertiary/aromatic N) is 1. The summed E-state index contributed by atoms with van der Waals surface area (Å²) in [6.45, 7) is 4.18. The Balaban J connectivity index is 2.11. The van der Waals surface area contributed by atoms with Crippen LogP contribution in [0.4, 0.5) is 5.69 Å². The van der Waals surface area contributed by atoms with Crippen molar-refractivity contribution in [1.82, 2.24) is 5.32 Å². The monoisotopic (exact) mass is 266 g/mol. The molecule has 1 aromatic carbocycles. The molecule has 1 fully saturated rings. The maximum atomic E-state index is 6.14. The van der Waals surface area contributed by atoms with Gasteiger partial charge in [-0.25, -0.2) is 0 Å². The highest BCUT2D eigenvalue weighted by molar-refractivity contribution is 6.30. The third-order valence-electron chi connectivity index (χ3n) is 3.79. The molecule has 3 heteroatoms. The lowest BCUT2D eigenvalue weighted by Crippen LogP contribution is -2.37. The van der Waals surface area contributed by atoms with Crippen molar-refractivity contribution in [3.63, 3.8) is 0 Å². The minimum atomic E-state index is 0.702. The van der Waals surface area contributed by atoms with E-state index in [2.05, 4.69) is 36.3 Å². The summed E-state index contributed by atoms with van der Waals surface area (Å²) in [5, 5.41) is 4.30. The van der Waals surface area contributed by atoms with Gasteiger partial charge in [-0.1, -0.05) is 24.6 Å². The topological polar surface area (TPSA) is 15.3 Å². The first-order valence-electron chi connectivity index (χ1n) is 6.94. The van der Waals surface area contributed by atoms with E-state index in [9.17, 15) is 0 Å². The molecule has 1 aromatic rings. The van der Waals surface area contributed by atoms with Gasteiger partial charge in [-0.05, 0) is 49.9 Å². The predicted octanol–water partition coefficient (Wildman–Crippen LogP) is 3.83. The van der Waals surface area contributed by atoms with Crippen molar-refractivity contribution in [2.45, 2.75) is 45.2 Å². The van der Waals surface area contributed by atoms with Crippen LogP contribution in [0.2, 0.25) is 5.02 Å². The first-order chi connectivity index (χ1) is 8.72. The fourth-order valence-corrected chi connectivity index (χ4v) is 2.55. The van der Waals surface area contributed by atoms with Crippen molar-refractivity contribution in [3.8, 4) is 0 Å². The summed E-state index contributed by atoms with van der Waals surface area (Å²) in [5.41, 5.74) is 2.64. The first-order valence-corrected chi connectivity index (χ1v) is 7.32. The van der Waals surface area contributed by atoms with Crippen molar-refractivity contribution < 1.29 is 0 Å². The summed E-state index contributed by atoms with van der Waals surface area (Å²) < 4.78 is 0. The van der Waals surface area contributed by atoms with Crippen LogP contribution in [0.15, 0.2) is 18.2 Å². The van der Waals surface area contributed by atoms with E-state index in [1.807, 2.05) is 6.07 Å². The number of anilines is 1. The van der Waals surface area contributed by atoms with Gasteiger partial charge in [-0.2, -0.15) is 0 Å². The third-order valence-corrected chi connectivity index (χ3v) is 4.03. The van der Waals surface area contributed by atoms with E-state index in [-0.39, 0.29) is 0 Å². The molecule has 0 bridgehead atoms. The van der Waals surface area contributed by atoms with Gasteiger partial charge in [0.25, 0.3) is 0 Å². The molecule has 1 aliphatic carbocycles. The zero-order chi connectivity index (χ0) is 13.0. The molecule has 0 aromatic heterocycles. The highest BCUT2D eigenvalue weighted by Crippen LogP contribution is 2.32. The van der Waals surface area contributed by atoms with Gasteiger partial charge in [0.2, 0.25) is 0 Å². The fourth-order valence-electron chi connectivity index (χ4n) is 2.39. The minimum absolute atomic E-state index is 0.702. The van der Waals surface area contributed by atoms with Gasteiger partial charge in [0, 0.05) is 30.3 Å². The molecule has 0 heterocycles. The molecule has 2 rings (SSSR count). The van der Waals surface area contributed by atoms with Gasteiger partial charge >= 0.3 is 0 Å². The Morgan fingerprint density at radius 3 is 2.78 bits per heavy atom. The van der Waals surface area contributed by atoms with Gasteiger partial charge in [0.1, 0.15) is 0 Å².